The van der Waals surface area contributed by atoms with Crippen LogP contribution in [-0.4, -0.2) is 37.2 Å². The van der Waals surface area contributed by atoms with Gasteiger partial charge in [0.25, 0.3) is 0 Å². The maximum atomic E-state index is 12.8. The van der Waals surface area contributed by atoms with Gasteiger partial charge in [0.05, 0.1) is 0 Å². The molecule has 6 nitrogen and oxygen atoms in total. The van der Waals surface area contributed by atoms with Crippen LogP contribution in [0.4, 0.5) is 0 Å². The fourth-order valence-electron chi connectivity index (χ4n) is 6.64. The third kappa shape index (κ3) is 49.0. The first-order chi connectivity index (χ1) is 31.0. The van der Waals surface area contributed by atoms with Crippen molar-refractivity contribution in [2.45, 2.75) is 219 Å². The zero-order valence-corrected chi connectivity index (χ0v) is 40.5. The van der Waals surface area contributed by atoms with E-state index >= 15 is 0 Å². The van der Waals surface area contributed by atoms with Crippen molar-refractivity contribution in [1.29, 1.82) is 0 Å². The summed E-state index contributed by atoms with van der Waals surface area (Å²) in [5, 5.41) is 0. The number of esters is 3. The number of ether oxygens (including phenoxy) is 3. The van der Waals surface area contributed by atoms with E-state index in [9.17, 15) is 14.4 Å². The molecule has 0 aliphatic heterocycles. The smallest absolute Gasteiger partial charge is 0.306 e. The van der Waals surface area contributed by atoms with Crippen LogP contribution in [0.5, 0.6) is 0 Å². The van der Waals surface area contributed by atoms with E-state index in [0.717, 1.165) is 83.5 Å². The van der Waals surface area contributed by atoms with Crippen molar-refractivity contribution in [2.24, 2.45) is 0 Å². The molecule has 0 N–H and O–H groups in total. The Hall–Kier alpha value is -3.93. The maximum absolute atomic E-state index is 12.8. The number of hydrogen-bond donors (Lipinski definition) is 0. The zero-order valence-electron chi connectivity index (χ0n) is 40.5. The Bertz CT molecular complexity index is 1330. The first kappa shape index (κ1) is 59.1. The molecule has 0 heterocycles. The molecule has 0 spiro atoms. The first-order valence-electron chi connectivity index (χ1n) is 25.5. The molecule has 0 aromatic rings. The highest BCUT2D eigenvalue weighted by atomic mass is 16.6. The van der Waals surface area contributed by atoms with Crippen molar-refractivity contribution in [3.63, 3.8) is 0 Å². The van der Waals surface area contributed by atoms with Crippen LogP contribution in [0.2, 0.25) is 0 Å². The Labute approximate surface area is 387 Å². The lowest BCUT2D eigenvalue weighted by atomic mass is 10.0. The van der Waals surface area contributed by atoms with Gasteiger partial charge in [0.2, 0.25) is 0 Å². The Balaban J connectivity index is 4.53. The summed E-state index contributed by atoms with van der Waals surface area (Å²) >= 11 is 0. The minimum Gasteiger partial charge on any atom is -0.462 e. The Kier molecular flexibility index (Phi) is 47.5. The second kappa shape index (κ2) is 50.7. The van der Waals surface area contributed by atoms with Crippen LogP contribution in [0.3, 0.4) is 0 Å². The summed E-state index contributed by atoms with van der Waals surface area (Å²) in [6.45, 7) is 6.28. The van der Waals surface area contributed by atoms with E-state index in [4.69, 9.17) is 14.2 Å². The predicted molar refractivity (Wildman–Crippen MR) is 270 cm³/mol. The molecule has 0 bridgehead atoms. The lowest BCUT2D eigenvalue weighted by molar-refractivity contribution is -0.167. The van der Waals surface area contributed by atoms with Crippen LogP contribution in [0.25, 0.3) is 0 Å². The number of carbonyl (C=O) groups is 3. The van der Waals surface area contributed by atoms with E-state index < -0.39 is 6.10 Å². The van der Waals surface area contributed by atoms with Gasteiger partial charge in [0, 0.05) is 19.3 Å². The van der Waals surface area contributed by atoms with E-state index in [2.05, 4.69) is 75.5 Å². The van der Waals surface area contributed by atoms with Gasteiger partial charge in [-0.15, -0.1) is 0 Å². The second-order valence-electron chi connectivity index (χ2n) is 16.4. The fraction of sp³-hybridized carbons (Fsp3) is 0.632. The quantitative estimate of drug-likeness (QED) is 0.0199. The Morgan fingerprint density at radius 3 is 1.21 bits per heavy atom. The standard InChI is InChI=1S/C57H92O6/c1-4-7-10-13-16-19-22-25-27-29-32-35-38-41-44-47-50-56(59)62-53-54(52-61-55(58)49-46-43-40-37-34-31-24-21-18-15-12-9-6-3)63-57(60)51-48-45-42-39-36-33-30-28-26-23-20-17-14-11-8-5-2/h7,9-10,12,15-16,18-19,21,24-25,27,31-32,34-35,37,40,54H,4-6,8,11,13-14,17,20,22-23,26,28-30,33,36,38-39,41-53H2,1-3H3/b10-7-,12-9-,18-15-,19-16-,24-21-,27-25-,34-31-,35-32-,40-37-. The van der Waals surface area contributed by atoms with Gasteiger partial charge in [0.1, 0.15) is 13.2 Å². The highest BCUT2D eigenvalue weighted by Gasteiger charge is 2.19. The Morgan fingerprint density at radius 2 is 0.714 bits per heavy atom. The molecule has 0 amide bonds. The molecule has 356 valence electrons. The minimum absolute atomic E-state index is 0.118. The molecule has 63 heavy (non-hydrogen) atoms. The molecule has 0 saturated carbocycles. The van der Waals surface area contributed by atoms with Crippen LogP contribution in [0.1, 0.15) is 213 Å². The third-order valence-electron chi connectivity index (χ3n) is 10.4. The second-order valence-corrected chi connectivity index (χ2v) is 16.4. The van der Waals surface area contributed by atoms with Crippen molar-refractivity contribution >= 4 is 17.9 Å². The molecule has 1 atom stereocenters. The summed E-state index contributed by atoms with van der Waals surface area (Å²) in [6, 6.07) is 0. The number of carbonyl (C=O) groups excluding carboxylic acids is 3. The number of unbranched alkanes of at least 4 members (excludes halogenated alkanes) is 19. The minimum atomic E-state index is -0.819. The molecule has 0 aromatic heterocycles. The van der Waals surface area contributed by atoms with Gasteiger partial charge in [-0.3, -0.25) is 14.4 Å². The molecule has 0 rings (SSSR count). The number of rotatable bonds is 44. The van der Waals surface area contributed by atoms with Crippen LogP contribution < -0.4 is 0 Å². The molecule has 0 aliphatic carbocycles. The summed E-state index contributed by atoms with van der Waals surface area (Å²) in [6.07, 6.45) is 68.0. The van der Waals surface area contributed by atoms with Crippen molar-refractivity contribution < 1.29 is 28.6 Å². The molecule has 0 saturated heterocycles. The summed E-state index contributed by atoms with van der Waals surface area (Å²) in [4.78, 5) is 37.9. The third-order valence-corrected chi connectivity index (χ3v) is 10.4. The number of allylic oxidation sites excluding steroid dienone is 18. The van der Waals surface area contributed by atoms with Crippen molar-refractivity contribution in [1.82, 2.24) is 0 Å². The van der Waals surface area contributed by atoms with E-state index in [0.29, 0.717) is 19.3 Å². The topological polar surface area (TPSA) is 78.9 Å². The SMILES string of the molecule is CC\C=C/C=C\C=C/C=C\C=C/CCCC(=O)OCC(COC(=O)CCCCC/C=C\C/C=C\C/C=C\C/C=C\CC)OC(=O)CCCCCCCCCCCCCCCCCC. The van der Waals surface area contributed by atoms with Crippen LogP contribution >= 0.6 is 0 Å². The molecule has 0 aromatic carbocycles. The Morgan fingerprint density at radius 1 is 0.349 bits per heavy atom. The monoisotopic (exact) mass is 873 g/mol. The summed E-state index contributed by atoms with van der Waals surface area (Å²) < 4.78 is 16.7. The van der Waals surface area contributed by atoms with Gasteiger partial charge in [-0.1, -0.05) is 233 Å². The summed E-state index contributed by atoms with van der Waals surface area (Å²) in [5.41, 5.74) is 0. The van der Waals surface area contributed by atoms with Crippen molar-refractivity contribution in [2.75, 3.05) is 13.2 Å². The molecule has 6 heteroatoms. The van der Waals surface area contributed by atoms with E-state index in [1.54, 1.807) is 0 Å². The number of hydrogen-bond acceptors (Lipinski definition) is 6. The highest BCUT2D eigenvalue weighted by molar-refractivity contribution is 5.71. The molecule has 0 radical (unpaired) electrons. The predicted octanol–water partition coefficient (Wildman–Crippen LogP) is 16.8. The van der Waals surface area contributed by atoms with Gasteiger partial charge in [-0.25, -0.2) is 0 Å². The lowest BCUT2D eigenvalue weighted by Gasteiger charge is -2.18. The van der Waals surface area contributed by atoms with E-state index in [1.165, 1.54) is 83.5 Å². The first-order valence-corrected chi connectivity index (χ1v) is 25.5. The molecule has 0 fully saturated rings. The highest BCUT2D eigenvalue weighted by Crippen LogP contribution is 2.15. The van der Waals surface area contributed by atoms with Gasteiger partial charge in [-0.2, -0.15) is 0 Å². The van der Waals surface area contributed by atoms with E-state index in [1.807, 2.05) is 54.7 Å². The van der Waals surface area contributed by atoms with Crippen LogP contribution in [0.15, 0.2) is 109 Å². The average Bonchev–Trinajstić information content (AvgIpc) is 3.28. The van der Waals surface area contributed by atoms with Gasteiger partial charge < -0.3 is 14.2 Å². The molecule has 0 aliphatic rings. The fourth-order valence-corrected chi connectivity index (χ4v) is 6.64. The largest absolute Gasteiger partial charge is 0.462 e. The molecule has 1 unspecified atom stereocenters. The summed E-state index contributed by atoms with van der Waals surface area (Å²) in [5.74, 6) is -1.02. The van der Waals surface area contributed by atoms with Crippen molar-refractivity contribution in [3.05, 3.63) is 109 Å². The van der Waals surface area contributed by atoms with Crippen LogP contribution in [-0.2, 0) is 28.6 Å². The molecular formula is C57H92O6. The average molecular weight is 873 g/mol. The molecular weight excluding hydrogens is 781 g/mol. The van der Waals surface area contributed by atoms with E-state index in [-0.39, 0.29) is 37.5 Å². The van der Waals surface area contributed by atoms with Crippen molar-refractivity contribution in [3.8, 4) is 0 Å². The van der Waals surface area contributed by atoms with Gasteiger partial charge in [0.15, 0.2) is 6.10 Å². The summed E-state index contributed by atoms with van der Waals surface area (Å²) in [7, 11) is 0. The van der Waals surface area contributed by atoms with Gasteiger partial charge in [-0.05, 0) is 70.6 Å². The van der Waals surface area contributed by atoms with Crippen LogP contribution in [0, 0.1) is 0 Å². The van der Waals surface area contributed by atoms with Gasteiger partial charge >= 0.3 is 17.9 Å². The lowest BCUT2D eigenvalue weighted by Crippen LogP contribution is -2.30. The zero-order chi connectivity index (χ0) is 45.8. The normalized spacial score (nSPS) is 13.0. The maximum Gasteiger partial charge on any atom is 0.306 e.